The number of piperidine rings is 2. The van der Waals surface area contributed by atoms with Crippen molar-refractivity contribution in [3.05, 3.63) is 0 Å². The first-order valence-corrected chi connectivity index (χ1v) is 12.8. The molecule has 0 aromatic rings. The summed E-state index contributed by atoms with van der Waals surface area (Å²) in [6.45, 7) is 14.4. The molecule has 3 rings (SSSR count). The van der Waals surface area contributed by atoms with Crippen LogP contribution in [0.1, 0.15) is 67.7 Å². The third kappa shape index (κ3) is 5.73. The lowest BCUT2D eigenvalue weighted by Gasteiger charge is -2.35. The van der Waals surface area contributed by atoms with Gasteiger partial charge in [-0.1, -0.05) is 34.1 Å². The summed E-state index contributed by atoms with van der Waals surface area (Å²) in [5.74, 6) is -1.13. The van der Waals surface area contributed by atoms with Crippen LogP contribution in [-0.2, 0) is 19.1 Å². The Morgan fingerprint density at radius 1 is 1.31 bits per heavy atom. The van der Waals surface area contributed by atoms with Crippen molar-refractivity contribution in [2.45, 2.75) is 85.4 Å². The standard InChI is InChI=1S/C25H43N5O5/c1-8-14(2)18(26)22(33)29-13-16-17(25(16,6)7)19(29)21(32)28-30(23(34)35-24(3,4)5)12-15-10-9-11-27-20(15)31/h14-19H,8-13,26H2,1-7H3,(H,27,31)(H,28,32)/t14-,15-,16-,17-,18-,19-/m0/s1. The number of nitrogens with zero attached hydrogens (tertiary/aromatic N) is 2. The maximum atomic E-state index is 13.7. The summed E-state index contributed by atoms with van der Waals surface area (Å²) in [6, 6.07) is -1.42. The van der Waals surface area contributed by atoms with E-state index >= 15 is 0 Å². The molecular weight excluding hydrogens is 450 g/mol. The van der Waals surface area contributed by atoms with Crippen molar-refractivity contribution < 1.29 is 23.9 Å². The van der Waals surface area contributed by atoms with E-state index in [0.29, 0.717) is 19.5 Å². The molecule has 0 aromatic carbocycles. The number of nitrogens with one attached hydrogen (secondary N) is 2. The van der Waals surface area contributed by atoms with E-state index in [1.165, 1.54) is 0 Å². The predicted octanol–water partition coefficient (Wildman–Crippen LogP) is 1.64. The molecule has 6 atom stereocenters. The largest absolute Gasteiger partial charge is 0.442 e. The average Bonchev–Trinajstić information content (AvgIpc) is 3.10. The molecule has 2 aliphatic heterocycles. The van der Waals surface area contributed by atoms with Gasteiger partial charge in [-0.05, 0) is 56.8 Å². The van der Waals surface area contributed by atoms with Crippen molar-refractivity contribution >= 4 is 23.8 Å². The third-order valence-corrected chi connectivity index (χ3v) is 7.96. The van der Waals surface area contributed by atoms with Crippen molar-refractivity contribution in [1.29, 1.82) is 0 Å². The van der Waals surface area contributed by atoms with Crippen molar-refractivity contribution in [1.82, 2.24) is 20.7 Å². The molecule has 10 nitrogen and oxygen atoms in total. The summed E-state index contributed by atoms with van der Waals surface area (Å²) >= 11 is 0. The molecule has 10 heteroatoms. The highest BCUT2D eigenvalue weighted by Crippen LogP contribution is 2.64. The zero-order chi connectivity index (χ0) is 26.3. The van der Waals surface area contributed by atoms with Crippen LogP contribution >= 0.6 is 0 Å². The summed E-state index contributed by atoms with van der Waals surface area (Å²) in [4.78, 5) is 53.9. The Morgan fingerprint density at radius 3 is 2.54 bits per heavy atom. The molecule has 1 saturated carbocycles. The van der Waals surface area contributed by atoms with Gasteiger partial charge in [-0.25, -0.2) is 9.80 Å². The summed E-state index contributed by atoms with van der Waals surface area (Å²) < 4.78 is 5.52. The molecule has 1 aliphatic carbocycles. The molecular formula is C25H43N5O5. The second-order valence-corrected chi connectivity index (χ2v) is 12.0. The summed E-state index contributed by atoms with van der Waals surface area (Å²) in [7, 11) is 0. The number of hydrogen-bond donors (Lipinski definition) is 3. The smallest absolute Gasteiger partial charge is 0.429 e. The highest BCUT2D eigenvalue weighted by molar-refractivity contribution is 5.92. The lowest BCUT2D eigenvalue weighted by Crippen LogP contribution is -2.60. The van der Waals surface area contributed by atoms with Gasteiger partial charge in [0, 0.05) is 13.1 Å². The minimum Gasteiger partial charge on any atom is -0.442 e. The number of fused-ring (bicyclic) bond motifs is 1. The average molecular weight is 494 g/mol. The maximum Gasteiger partial charge on any atom is 0.429 e. The molecule has 3 aliphatic rings. The van der Waals surface area contributed by atoms with Gasteiger partial charge in [0.05, 0.1) is 18.5 Å². The molecule has 2 saturated heterocycles. The van der Waals surface area contributed by atoms with E-state index in [0.717, 1.165) is 17.9 Å². The third-order valence-electron chi connectivity index (χ3n) is 7.96. The van der Waals surface area contributed by atoms with Crippen LogP contribution in [0, 0.1) is 29.1 Å². The van der Waals surface area contributed by atoms with Crippen LogP contribution < -0.4 is 16.5 Å². The van der Waals surface area contributed by atoms with Crippen LogP contribution in [0.25, 0.3) is 0 Å². The van der Waals surface area contributed by atoms with Crippen molar-refractivity contribution in [2.24, 2.45) is 34.8 Å². The van der Waals surface area contributed by atoms with Crippen LogP contribution in [0.15, 0.2) is 0 Å². The van der Waals surface area contributed by atoms with Crippen LogP contribution in [0.3, 0.4) is 0 Å². The Bertz CT molecular complexity index is 854. The zero-order valence-electron chi connectivity index (χ0n) is 22.2. The highest BCUT2D eigenvalue weighted by atomic mass is 16.6. The molecule has 3 fully saturated rings. The number of carbonyl (C=O) groups is 4. The van der Waals surface area contributed by atoms with E-state index < -0.39 is 35.6 Å². The number of nitrogens with two attached hydrogens (primary N) is 1. The minimum absolute atomic E-state index is 0.00295. The molecule has 0 radical (unpaired) electrons. The van der Waals surface area contributed by atoms with Gasteiger partial charge >= 0.3 is 6.09 Å². The van der Waals surface area contributed by atoms with Gasteiger partial charge in [0.25, 0.3) is 5.91 Å². The van der Waals surface area contributed by atoms with Gasteiger partial charge in [-0.3, -0.25) is 19.8 Å². The van der Waals surface area contributed by atoms with E-state index in [1.54, 1.807) is 25.7 Å². The predicted molar refractivity (Wildman–Crippen MR) is 131 cm³/mol. The van der Waals surface area contributed by atoms with E-state index in [4.69, 9.17) is 10.5 Å². The molecule has 2 heterocycles. The number of carbonyl (C=O) groups excluding carboxylic acids is 4. The number of ether oxygens (including phenoxy) is 1. The molecule has 0 bridgehead atoms. The molecule has 0 aromatic heterocycles. The van der Waals surface area contributed by atoms with Crippen LogP contribution in [-0.4, -0.2) is 71.0 Å². The van der Waals surface area contributed by atoms with Crippen molar-refractivity contribution in [3.8, 4) is 0 Å². The number of hydrogen-bond acceptors (Lipinski definition) is 6. The van der Waals surface area contributed by atoms with E-state index in [1.807, 2.05) is 13.8 Å². The minimum atomic E-state index is -0.781. The second kappa shape index (κ2) is 9.95. The first-order chi connectivity index (χ1) is 16.2. The fourth-order valence-corrected chi connectivity index (χ4v) is 5.41. The number of rotatable bonds is 6. The molecule has 0 spiro atoms. The van der Waals surface area contributed by atoms with Gasteiger partial charge < -0.3 is 20.7 Å². The van der Waals surface area contributed by atoms with Crippen LogP contribution in [0.2, 0.25) is 0 Å². The second-order valence-electron chi connectivity index (χ2n) is 12.0. The van der Waals surface area contributed by atoms with Crippen LogP contribution in [0.5, 0.6) is 0 Å². The number of hydrazine groups is 1. The van der Waals surface area contributed by atoms with E-state index in [2.05, 4.69) is 24.6 Å². The normalized spacial score (nSPS) is 28.9. The van der Waals surface area contributed by atoms with Crippen LogP contribution in [0.4, 0.5) is 4.79 Å². The lowest BCUT2D eigenvalue weighted by molar-refractivity contribution is -0.144. The fraction of sp³-hybridized carbons (Fsp3) is 0.840. The lowest BCUT2D eigenvalue weighted by atomic mass is 9.96. The van der Waals surface area contributed by atoms with Gasteiger partial charge in [-0.2, -0.15) is 0 Å². The SMILES string of the molecule is CC[C@H](C)[C@H](N)C(=O)N1C[C@H]2[C@@H]([C@H]1C(=O)NN(C[C@@H]1CCCNC1=O)C(=O)OC(C)(C)C)C2(C)C. The monoisotopic (exact) mass is 493 g/mol. The molecule has 4 N–H and O–H groups in total. The number of amides is 4. The summed E-state index contributed by atoms with van der Waals surface area (Å²) in [5, 5.41) is 3.91. The topological polar surface area (TPSA) is 134 Å². The Morgan fingerprint density at radius 2 is 1.97 bits per heavy atom. The van der Waals surface area contributed by atoms with Crippen molar-refractivity contribution in [3.63, 3.8) is 0 Å². The van der Waals surface area contributed by atoms with Gasteiger partial charge in [0.2, 0.25) is 11.8 Å². The van der Waals surface area contributed by atoms with Crippen molar-refractivity contribution in [2.75, 3.05) is 19.6 Å². The first kappa shape index (κ1) is 27.2. The van der Waals surface area contributed by atoms with E-state index in [-0.39, 0.29) is 41.5 Å². The van der Waals surface area contributed by atoms with Gasteiger partial charge in [-0.15, -0.1) is 0 Å². The van der Waals surface area contributed by atoms with E-state index in [9.17, 15) is 19.2 Å². The fourth-order valence-electron chi connectivity index (χ4n) is 5.41. The van der Waals surface area contributed by atoms with Gasteiger partial charge in [0.1, 0.15) is 11.6 Å². The molecule has 4 amide bonds. The molecule has 0 unspecified atom stereocenters. The summed E-state index contributed by atoms with van der Waals surface area (Å²) in [6.07, 6.45) is 1.42. The Kier molecular flexibility index (Phi) is 7.74. The molecule has 35 heavy (non-hydrogen) atoms. The van der Waals surface area contributed by atoms with Gasteiger partial charge in [0.15, 0.2) is 0 Å². The highest BCUT2D eigenvalue weighted by Gasteiger charge is 2.69. The number of likely N-dealkylation sites (tertiary alicyclic amines) is 1. The quantitative estimate of drug-likeness (QED) is 0.482. The Balaban J connectivity index is 1.81. The maximum absolute atomic E-state index is 13.7. The Labute approximate surface area is 208 Å². The zero-order valence-corrected chi connectivity index (χ0v) is 22.2. The molecule has 198 valence electrons. The first-order valence-electron chi connectivity index (χ1n) is 12.8. The Hall–Kier alpha value is -2.36. The summed E-state index contributed by atoms with van der Waals surface area (Å²) in [5.41, 5.74) is 8.10.